The normalized spacial score (nSPS) is 23.2. The van der Waals surface area contributed by atoms with E-state index < -0.39 is 0 Å². The lowest BCUT2D eigenvalue weighted by Crippen LogP contribution is -2.19. The van der Waals surface area contributed by atoms with E-state index in [2.05, 4.69) is 4.98 Å². The number of hydrogen-bond donors (Lipinski definition) is 1. The van der Waals surface area contributed by atoms with Gasteiger partial charge in [-0.25, -0.2) is 4.98 Å². The van der Waals surface area contributed by atoms with Gasteiger partial charge in [-0.15, -0.1) is 0 Å². The van der Waals surface area contributed by atoms with Crippen LogP contribution in [0.4, 0.5) is 0 Å². The fraction of sp³-hybridized carbons (Fsp3) is 0.750. The second kappa shape index (κ2) is 5.46. The number of aromatic nitrogens is 1. The molecule has 1 aliphatic rings. The van der Waals surface area contributed by atoms with Crippen LogP contribution in [0.5, 0.6) is 0 Å². The second-order valence-corrected chi connectivity index (χ2v) is 4.57. The number of hydrogen-bond acceptors (Lipinski definition) is 4. The lowest BCUT2D eigenvalue weighted by molar-refractivity contribution is 0.0526. The molecule has 1 saturated heterocycles. The molecule has 4 heteroatoms. The molecule has 0 spiro atoms. The maximum absolute atomic E-state index is 9.23. The molecule has 1 aliphatic heterocycles. The highest BCUT2D eigenvalue weighted by Gasteiger charge is 2.17. The molecule has 1 aromatic heterocycles. The number of aliphatic hydroxyl groups excluding tert-OH is 1. The summed E-state index contributed by atoms with van der Waals surface area (Å²) in [6, 6.07) is 0. The van der Waals surface area contributed by atoms with Crippen LogP contribution < -0.4 is 0 Å². The predicted molar refractivity (Wildman–Crippen MR) is 59.1 cm³/mol. The molecule has 4 nitrogen and oxygen atoms in total. The molecule has 0 amide bonds. The van der Waals surface area contributed by atoms with Crippen molar-refractivity contribution in [3.63, 3.8) is 0 Å². The fourth-order valence-corrected chi connectivity index (χ4v) is 2.05. The maximum atomic E-state index is 9.23. The minimum atomic E-state index is -0.365. The molecule has 1 aromatic rings. The largest absolute Gasteiger partial charge is 0.449 e. The van der Waals surface area contributed by atoms with E-state index in [0.717, 1.165) is 37.6 Å². The number of aliphatic hydroxyl groups is 1. The standard InChI is InChI=1S/C12H19NO3/c1-9(14)5-11-8-16-12(13-11)6-10-3-2-4-15-7-10/h8-10,14H,2-7H2,1H3. The van der Waals surface area contributed by atoms with Gasteiger partial charge in [0.1, 0.15) is 6.26 Å². The van der Waals surface area contributed by atoms with E-state index in [1.54, 1.807) is 13.2 Å². The summed E-state index contributed by atoms with van der Waals surface area (Å²) in [5.74, 6) is 1.30. The van der Waals surface area contributed by atoms with E-state index in [1.807, 2.05) is 0 Å². The van der Waals surface area contributed by atoms with E-state index in [9.17, 15) is 5.11 Å². The first-order chi connectivity index (χ1) is 7.74. The van der Waals surface area contributed by atoms with Crippen molar-refractivity contribution in [1.29, 1.82) is 0 Å². The van der Waals surface area contributed by atoms with E-state index in [4.69, 9.17) is 9.15 Å². The topological polar surface area (TPSA) is 55.5 Å². The third-order valence-electron chi connectivity index (χ3n) is 2.82. The summed E-state index contributed by atoms with van der Waals surface area (Å²) >= 11 is 0. The van der Waals surface area contributed by atoms with Crippen LogP contribution in [0, 0.1) is 5.92 Å². The van der Waals surface area contributed by atoms with Crippen LogP contribution in [0.2, 0.25) is 0 Å². The van der Waals surface area contributed by atoms with Crippen LogP contribution in [0.15, 0.2) is 10.7 Å². The van der Waals surface area contributed by atoms with Gasteiger partial charge in [-0.3, -0.25) is 0 Å². The van der Waals surface area contributed by atoms with Gasteiger partial charge < -0.3 is 14.3 Å². The molecule has 0 aliphatic carbocycles. The highest BCUT2D eigenvalue weighted by molar-refractivity contribution is 4.98. The molecule has 0 radical (unpaired) electrons. The quantitative estimate of drug-likeness (QED) is 0.845. The maximum Gasteiger partial charge on any atom is 0.194 e. The van der Waals surface area contributed by atoms with Gasteiger partial charge in [0.2, 0.25) is 0 Å². The molecule has 1 fully saturated rings. The van der Waals surface area contributed by atoms with Crippen molar-refractivity contribution in [1.82, 2.24) is 4.98 Å². The summed E-state index contributed by atoms with van der Waals surface area (Å²) in [6.45, 7) is 3.45. The van der Waals surface area contributed by atoms with Crippen molar-refractivity contribution in [3.8, 4) is 0 Å². The van der Waals surface area contributed by atoms with E-state index >= 15 is 0 Å². The van der Waals surface area contributed by atoms with Crippen molar-refractivity contribution < 1.29 is 14.3 Å². The SMILES string of the molecule is CC(O)Cc1coc(CC2CCCOC2)n1. The molecule has 2 unspecified atom stereocenters. The lowest BCUT2D eigenvalue weighted by atomic mass is 9.99. The molecule has 2 rings (SSSR count). The average molecular weight is 225 g/mol. The Kier molecular flexibility index (Phi) is 3.96. The molecule has 90 valence electrons. The minimum absolute atomic E-state index is 0.365. The number of oxazole rings is 1. The Morgan fingerprint density at radius 2 is 2.50 bits per heavy atom. The van der Waals surface area contributed by atoms with Crippen molar-refractivity contribution in [2.24, 2.45) is 5.92 Å². The molecule has 16 heavy (non-hydrogen) atoms. The Morgan fingerprint density at radius 1 is 1.62 bits per heavy atom. The second-order valence-electron chi connectivity index (χ2n) is 4.57. The molecule has 1 N–H and O–H groups in total. The summed E-state index contributed by atoms with van der Waals surface area (Å²) in [7, 11) is 0. The molecule has 2 heterocycles. The zero-order valence-electron chi connectivity index (χ0n) is 9.69. The summed E-state index contributed by atoms with van der Waals surface area (Å²) < 4.78 is 10.8. The summed E-state index contributed by atoms with van der Waals surface area (Å²) in [5, 5.41) is 9.23. The zero-order valence-corrected chi connectivity index (χ0v) is 9.69. The first-order valence-electron chi connectivity index (χ1n) is 5.93. The van der Waals surface area contributed by atoms with Crippen LogP contribution in [-0.2, 0) is 17.6 Å². The van der Waals surface area contributed by atoms with Crippen LogP contribution in [-0.4, -0.2) is 29.4 Å². The number of nitrogens with zero attached hydrogens (tertiary/aromatic N) is 1. The minimum Gasteiger partial charge on any atom is -0.449 e. The van der Waals surface area contributed by atoms with E-state index in [0.29, 0.717) is 12.3 Å². The van der Waals surface area contributed by atoms with Crippen molar-refractivity contribution >= 4 is 0 Å². The smallest absolute Gasteiger partial charge is 0.194 e. The Hall–Kier alpha value is -0.870. The third kappa shape index (κ3) is 3.32. The van der Waals surface area contributed by atoms with Crippen LogP contribution in [0.3, 0.4) is 0 Å². The van der Waals surface area contributed by atoms with Gasteiger partial charge >= 0.3 is 0 Å². The zero-order chi connectivity index (χ0) is 11.4. The monoisotopic (exact) mass is 225 g/mol. The third-order valence-corrected chi connectivity index (χ3v) is 2.82. The average Bonchev–Trinajstić information content (AvgIpc) is 2.66. The van der Waals surface area contributed by atoms with E-state index in [-0.39, 0.29) is 6.10 Å². The Bertz CT molecular complexity index is 316. The van der Waals surface area contributed by atoms with Gasteiger partial charge in [-0.2, -0.15) is 0 Å². The molecule has 0 aromatic carbocycles. The van der Waals surface area contributed by atoms with Crippen molar-refractivity contribution in [2.45, 2.75) is 38.7 Å². The van der Waals surface area contributed by atoms with Gasteiger partial charge in [-0.05, 0) is 25.7 Å². The van der Waals surface area contributed by atoms with Gasteiger partial charge in [-0.1, -0.05) is 0 Å². The lowest BCUT2D eigenvalue weighted by Gasteiger charge is -2.20. The van der Waals surface area contributed by atoms with Gasteiger partial charge in [0.15, 0.2) is 5.89 Å². The first kappa shape index (κ1) is 11.6. The Labute approximate surface area is 95.6 Å². The Morgan fingerprint density at radius 3 is 3.19 bits per heavy atom. The highest BCUT2D eigenvalue weighted by atomic mass is 16.5. The molecule has 0 saturated carbocycles. The predicted octanol–water partition coefficient (Wildman–Crippen LogP) is 1.57. The van der Waals surface area contributed by atoms with Crippen LogP contribution in [0.1, 0.15) is 31.4 Å². The summed E-state index contributed by atoms with van der Waals surface area (Å²) in [4.78, 5) is 4.36. The van der Waals surface area contributed by atoms with Crippen LogP contribution in [0.25, 0.3) is 0 Å². The van der Waals surface area contributed by atoms with Crippen molar-refractivity contribution in [2.75, 3.05) is 13.2 Å². The molecule has 0 bridgehead atoms. The molecular formula is C12H19NO3. The first-order valence-corrected chi connectivity index (χ1v) is 5.93. The van der Waals surface area contributed by atoms with Gasteiger partial charge in [0, 0.05) is 26.1 Å². The summed E-state index contributed by atoms with van der Waals surface area (Å²) in [5.41, 5.74) is 0.835. The number of rotatable bonds is 4. The number of ether oxygens (including phenoxy) is 1. The van der Waals surface area contributed by atoms with Gasteiger partial charge in [0.25, 0.3) is 0 Å². The van der Waals surface area contributed by atoms with E-state index in [1.165, 1.54) is 6.42 Å². The summed E-state index contributed by atoms with van der Waals surface area (Å²) in [6.07, 6.45) is 5.01. The van der Waals surface area contributed by atoms with Gasteiger partial charge in [0.05, 0.1) is 11.8 Å². The highest BCUT2D eigenvalue weighted by Crippen LogP contribution is 2.18. The van der Waals surface area contributed by atoms with Crippen LogP contribution >= 0.6 is 0 Å². The molecular weight excluding hydrogens is 206 g/mol. The fourth-order valence-electron chi connectivity index (χ4n) is 2.05. The molecule has 2 atom stereocenters. The van der Waals surface area contributed by atoms with Crippen molar-refractivity contribution in [3.05, 3.63) is 17.8 Å². The Balaban J connectivity index is 1.86.